The van der Waals surface area contributed by atoms with E-state index in [1.807, 2.05) is 6.92 Å². The molecule has 0 amide bonds. The monoisotopic (exact) mass is 245 g/mol. The Morgan fingerprint density at radius 3 is 3.11 bits per heavy atom. The van der Waals surface area contributed by atoms with Gasteiger partial charge < -0.3 is 4.74 Å². The molecule has 0 aliphatic heterocycles. The minimum Gasteiger partial charge on any atom is -0.462 e. The maximum atomic E-state index is 11.8. The van der Waals surface area contributed by atoms with Gasteiger partial charge in [0.05, 0.1) is 12.8 Å². The lowest BCUT2D eigenvalue weighted by atomic mass is 10.2. The van der Waals surface area contributed by atoms with Gasteiger partial charge in [0.1, 0.15) is 5.56 Å². The summed E-state index contributed by atoms with van der Waals surface area (Å²) < 4.78 is 6.77. The number of carbonyl (C=O) groups is 1. The maximum absolute atomic E-state index is 11.8. The van der Waals surface area contributed by atoms with Crippen molar-refractivity contribution in [2.75, 3.05) is 6.61 Å². The molecule has 0 radical (unpaired) electrons. The van der Waals surface area contributed by atoms with Crippen molar-refractivity contribution in [3.63, 3.8) is 0 Å². The minimum absolute atomic E-state index is 0.350. The Bertz CT molecular complexity index is 631. The Balaban J connectivity index is 2.19. The van der Waals surface area contributed by atoms with Gasteiger partial charge in [-0.2, -0.15) is 5.10 Å². The fraction of sp³-hybridized carbons (Fsp3) is 0.462. The molecule has 1 aliphatic rings. The molecule has 2 aromatic rings. The second kappa shape index (κ2) is 4.08. The van der Waals surface area contributed by atoms with E-state index >= 15 is 0 Å². The molecular formula is C13H15N3O2. The summed E-state index contributed by atoms with van der Waals surface area (Å²) in [5.41, 5.74) is 4.54. The maximum Gasteiger partial charge on any atom is 0.343 e. The van der Waals surface area contributed by atoms with Crippen molar-refractivity contribution < 1.29 is 9.53 Å². The highest BCUT2D eigenvalue weighted by molar-refractivity contribution is 5.95. The average Bonchev–Trinajstić information content (AvgIpc) is 2.95. The van der Waals surface area contributed by atoms with Crippen LogP contribution in [0, 0.1) is 6.92 Å². The molecule has 94 valence electrons. The summed E-state index contributed by atoms with van der Waals surface area (Å²) >= 11 is 0. The molecule has 2 aromatic heterocycles. The normalized spacial score (nSPS) is 13.9. The van der Waals surface area contributed by atoms with Gasteiger partial charge in [0.15, 0.2) is 5.65 Å². The number of aryl methyl sites for hydroxylation is 2. The molecule has 18 heavy (non-hydrogen) atoms. The largest absolute Gasteiger partial charge is 0.462 e. The molecule has 3 rings (SSSR count). The van der Waals surface area contributed by atoms with Crippen molar-refractivity contribution in [3.05, 3.63) is 28.7 Å². The first-order valence-corrected chi connectivity index (χ1v) is 6.25. The first-order valence-electron chi connectivity index (χ1n) is 6.25. The Labute approximate surface area is 105 Å². The highest BCUT2D eigenvalue weighted by Gasteiger charge is 2.22. The van der Waals surface area contributed by atoms with E-state index in [2.05, 4.69) is 10.1 Å². The average molecular weight is 245 g/mol. The molecule has 0 bridgehead atoms. The Morgan fingerprint density at radius 1 is 1.50 bits per heavy atom. The molecule has 0 aromatic carbocycles. The Kier molecular flexibility index (Phi) is 2.54. The molecular weight excluding hydrogens is 230 g/mol. The Hall–Kier alpha value is -1.91. The summed E-state index contributed by atoms with van der Waals surface area (Å²) in [4.78, 5) is 16.4. The number of hydrogen-bond acceptors (Lipinski definition) is 4. The van der Waals surface area contributed by atoms with Crippen LogP contribution in [0.25, 0.3) is 5.65 Å². The molecule has 0 fully saturated rings. The van der Waals surface area contributed by atoms with E-state index in [0.717, 1.165) is 30.7 Å². The molecule has 0 spiro atoms. The van der Waals surface area contributed by atoms with Crippen molar-refractivity contribution in [2.45, 2.75) is 33.1 Å². The van der Waals surface area contributed by atoms with Crippen molar-refractivity contribution in [2.24, 2.45) is 0 Å². The lowest BCUT2D eigenvalue weighted by Gasteiger charge is -2.06. The zero-order valence-corrected chi connectivity index (χ0v) is 10.6. The van der Waals surface area contributed by atoms with Gasteiger partial charge in [-0.25, -0.2) is 14.3 Å². The third-order valence-corrected chi connectivity index (χ3v) is 3.42. The molecule has 0 saturated carbocycles. The van der Waals surface area contributed by atoms with Gasteiger partial charge in [0.25, 0.3) is 0 Å². The van der Waals surface area contributed by atoms with Crippen LogP contribution in [0.3, 0.4) is 0 Å². The van der Waals surface area contributed by atoms with Crippen LogP contribution in [-0.4, -0.2) is 27.2 Å². The van der Waals surface area contributed by atoms with E-state index < -0.39 is 0 Å². The van der Waals surface area contributed by atoms with Gasteiger partial charge >= 0.3 is 5.97 Å². The summed E-state index contributed by atoms with van der Waals surface area (Å²) in [6.45, 7) is 4.18. The summed E-state index contributed by atoms with van der Waals surface area (Å²) in [5.74, 6) is -0.350. The zero-order valence-electron chi connectivity index (χ0n) is 10.6. The first-order chi connectivity index (χ1) is 8.72. The van der Waals surface area contributed by atoms with Crippen molar-refractivity contribution in [1.82, 2.24) is 14.6 Å². The highest BCUT2D eigenvalue weighted by Crippen LogP contribution is 2.25. The van der Waals surface area contributed by atoms with Gasteiger partial charge in [-0.15, -0.1) is 0 Å². The van der Waals surface area contributed by atoms with Crippen LogP contribution in [0.2, 0.25) is 0 Å². The van der Waals surface area contributed by atoms with Crippen molar-refractivity contribution >= 4 is 11.6 Å². The molecule has 0 atom stereocenters. The molecule has 5 heteroatoms. The molecule has 1 aliphatic carbocycles. The number of fused-ring (bicyclic) bond motifs is 2. The van der Waals surface area contributed by atoms with Crippen LogP contribution in [0.5, 0.6) is 0 Å². The van der Waals surface area contributed by atoms with Crippen LogP contribution < -0.4 is 0 Å². The molecule has 0 N–H and O–H groups in total. The minimum atomic E-state index is -0.350. The zero-order chi connectivity index (χ0) is 12.7. The van der Waals surface area contributed by atoms with Gasteiger partial charge in [-0.3, -0.25) is 0 Å². The third kappa shape index (κ3) is 1.50. The number of hydrogen-bond donors (Lipinski definition) is 0. The van der Waals surface area contributed by atoms with Crippen LogP contribution in [0.4, 0.5) is 0 Å². The van der Waals surface area contributed by atoms with E-state index in [4.69, 9.17) is 4.74 Å². The lowest BCUT2D eigenvalue weighted by Crippen LogP contribution is -2.07. The fourth-order valence-electron chi connectivity index (χ4n) is 2.54. The summed E-state index contributed by atoms with van der Waals surface area (Å²) in [6, 6.07) is 0. The lowest BCUT2D eigenvalue weighted by molar-refractivity contribution is 0.0528. The first kappa shape index (κ1) is 11.2. The molecule has 0 unspecified atom stereocenters. The SMILES string of the molecule is CCOC(=O)c1cnn2c(C)c3c(nc12)CCC3. The topological polar surface area (TPSA) is 56.5 Å². The molecule has 0 saturated heterocycles. The van der Waals surface area contributed by atoms with Gasteiger partial charge in [0.2, 0.25) is 0 Å². The van der Waals surface area contributed by atoms with Crippen LogP contribution in [0.15, 0.2) is 6.20 Å². The standard InChI is InChI=1S/C13H15N3O2/c1-3-18-13(17)10-7-14-16-8(2)9-5-4-6-11(9)15-12(10)16/h7H,3-6H2,1-2H3. The van der Waals surface area contributed by atoms with E-state index in [9.17, 15) is 4.79 Å². The van der Waals surface area contributed by atoms with Crippen molar-refractivity contribution in [3.8, 4) is 0 Å². The second-order valence-electron chi connectivity index (χ2n) is 4.49. The predicted molar refractivity (Wildman–Crippen MR) is 65.7 cm³/mol. The fourth-order valence-corrected chi connectivity index (χ4v) is 2.54. The summed E-state index contributed by atoms with van der Waals surface area (Å²) in [5, 5.41) is 4.25. The number of carbonyl (C=O) groups excluding carboxylic acids is 1. The van der Waals surface area contributed by atoms with E-state index in [0.29, 0.717) is 17.8 Å². The number of nitrogens with zero attached hydrogens (tertiary/aromatic N) is 3. The number of aromatic nitrogens is 3. The summed E-state index contributed by atoms with van der Waals surface area (Å²) in [7, 11) is 0. The Morgan fingerprint density at radius 2 is 2.33 bits per heavy atom. The quantitative estimate of drug-likeness (QED) is 0.756. The van der Waals surface area contributed by atoms with E-state index in [1.54, 1.807) is 17.6 Å². The van der Waals surface area contributed by atoms with Gasteiger partial charge in [0, 0.05) is 11.4 Å². The van der Waals surface area contributed by atoms with Crippen LogP contribution in [-0.2, 0) is 17.6 Å². The molecule has 5 nitrogen and oxygen atoms in total. The van der Waals surface area contributed by atoms with Crippen LogP contribution in [0.1, 0.15) is 40.7 Å². The third-order valence-electron chi connectivity index (χ3n) is 3.42. The summed E-state index contributed by atoms with van der Waals surface area (Å²) in [6.07, 6.45) is 4.71. The van der Waals surface area contributed by atoms with E-state index in [1.165, 1.54) is 5.56 Å². The van der Waals surface area contributed by atoms with Crippen LogP contribution >= 0.6 is 0 Å². The smallest absolute Gasteiger partial charge is 0.343 e. The number of ether oxygens (including phenoxy) is 1. The van der Waals surface area contributed by atoms with Crippen molar-refractivity contribution in [1.29, 1.82) is 0 Å². The van der Waals surface area contributed by atoms with Gasteiger partial charge in [-0.1, -0.05) is 0 Å². The number of esters is 1. The van der Waals surface area contributed by atoms with Gasteiger partial charge in [-0.05, 0) is 38.7 Å². The highest BCUT2D eigenvalue weighted by atomic mass is 16.5. The number of rotatable bonds is 2. The van der Waals surface area contributed by atoms with E-state index in [-0.39, 0.29) is 5.97 Å². The predicted octanol–water partition coefficient (Wildman–Crippen LogP) is 1.70. The molecule has 2 heterocycles. The second-order valence-corrected chi connectivity index (χ2v) is 4.49.